The molecule has 2 nitrogen and oxygen atoms in total. The second-order valence-electron chi connectivity index (χ2n) is 6.87. The van der Waals surface area contributed by atoms with Crippen molar-refractivity contribution in [2.45, 2.75) is 84.3 Å². The lowest BCUT2D eigenvalue weighted by Gasteiger charge is -2.26. The van der Waals surface area contributed by atoms with Gasteiger partial charge in [-0.15, -0.1) is 0 Å². The van der Waals surface area contributed by atoms with Gasteiger partial charge in [-0.25, -0.2) is 0 Å². The summed E-state index contributed by atoms with van der Waals surface area (Å²) in [6, 6.07) is 0.643. The SMILES string of the molecule is CC(C)(C)CC(O)CNC1CCCCCCC1. The fourth-order valence-corrected chi connectivity index (χ4v) is 2.74. The first-order valence-corrected chi connectivity index (χ1v) is 7.39. The fourth-order valence-electron chi connectivity index (χ4n) is 2.74. The molecule has 0 aromatic carbocycles. The second-order valence-corrected chi connectivity index (χ2v) is 6.87. The molecule has 1 saturated carbocycles. The summed E-state index contributed by atoms with van der Waals surface area (Å²) in [5, 5.41) is 13.5. The number of hydrogen-bond donors (Lipinski definition) is 2. The van der Waals surface area contributed by atoms with Gasteiger partial charge < -0.3 is 10.4 Å². The Morgan fingerprint density at radius 2 is 1.59 bits per heavy atom. The quantitative estimate of drug-likeness (QED) is 0.789. The van der Waals surface area contributed by atoms with Gasteiger partial charge in [0, 0.05) is 12.6 Å². The van der Waals surface area contributed by atoms with Gasteiger partial charge in [-0.3, -0.25) is 0 Å². The van der Waals surface area contributed by atoms with Gasteiger partial charge in [-0.2, -0.15) is 0 Å². The van der Waals surface area contributed by atoms with E-state index >= 15 is 0 Å². The maximum Gasteiger partial charge on any atom is 0.0669 e. The van der Waals surface area contributed by atoms with Crippen LogP contribution in [0.5, 0.6) is 0 Å². The van der Waals surface area contributed by atoms with Crippen LogP contribution in [0.2, 0.25) is 0 Å². The molecule has 1 aliphatic rings. The van der Waals surface area contributed by atoms with E-state index in [9.17, 15) is 5.11 Å². The Balaban J connectivity index is 2.19. The normalized spacial score (nSPS) is 21.9. The highest BCUT2D eigenvalue weighted by atomic mass is 16.3. The van der Waals surface area contributed by atoms with E-state index < -0.39 is 0 Å². The lowest BCUT2D eigenvalue weighted by atomic mass is 9.89. The Bertz CT molecular complexity index is 190. The second kappa shape index (κ2) is 7.38. The van der Waals surface area contributed by atoms with E-state index in [2.05, 4.69) is 26.1 Å². The first-order valence-electron chi connectivity index (χ1n) is 7.39. The zero-order valence-electron chi connectivity index (χ0n) is 12.0. The first kappa shape index (κ1) is 15.0. The van der Waals surface area contributed by atoms with Gasteiger partial charge in [0.15, 0.2) is 0 Å². The van der Waals surface area contributed by atoms with Crippen LogP contribution in [0.25, 0.3) is 0 Å². The smallest absolute Gasteiger partial charge is 0.0669 e. The van der Waals surface area contributed by atoms with Crippen LogP contribution in [-0.2, 0) is 0 Å². The van der Waals surface area contributed by atoms with Crippen molar-refractivity contribution in [3.05, 3.63) is 0 Å². The Labute approximate surface area is 107 Å². The summed E-state index contributed by atoms with van der Waals surface area (Å²) in [4.78, 5) is 0. The maximum absolute atomic E-state index is 9.98. The average molecular weight is 241 g/mol. The molecule has 0 aromatic rings. The number of hydrogen-bond acceptors (Lipinski definition) is 2. The standard InChI is InChI=1S/C15H31NO/c1-15(2,3)11-14(17)12-16-13-9-7-5-4-6-8-10-13/h13-14,16-17H,4-12H2,1-3H3. The van der Waals surface area contributed by atoms with Gasteiger partial charge in [0.1, 0.15) is 0 Å². The number of nitrogens with one attached hydrogen (secondary N) is 1. The summed E-state index contributed by atoms with van der Waals surface area (Å²) in [5.41, 5.74) is 0.224. The van der Waals surface area contributed by atoms with Crippen LogP contribution in [0, 0.1) is 5.41 Å². The molecule has 1 fully saturated rings. The molecular formula is C15H31NO. The van der Waals surface area contributed by atoms with Gasteiger partial charge in [0.25, 0.3) is 0 Å². The highest BCUT2D eigenvalue weighted by Gasteiger charge is 2.18. The number of aliphatic hydroxyl groups is 1. The molecule has 0 spiro atoms. The van der Waals surface area contributed by atoms with E-state index in [1.165, 1.54) is 44.9 Å². The largest absolute Gasteiger partial charge is 0.392 e. The summed E-state index contributed by atoms with van der Waals surface area (Å²) >= 11 is 0. The van der Waals surface area contributed by atoms with Crippen molar-refractivity contribution in [1.82, 2.24) is 5.32 Å². The van der Waals surface area contributed by atoms with E-state index in [1.807, 2.05) is 0 Å². The molecule has 0 heterocycles. The van der Waals surface area contributed by atoms with Crippen LogP contribution in [-0.4, -0.2) is 23.8 Å². The van der Waals surface area contributed by atoms with Crippen molar-refractivity contribution in [3.63, 3.8) is 0 Å². The van der Waals surface area contributed by atoms with E-state index in [4.69, 9.17) is 0 Å². The van der Waals surface area contributed by atoms with Crippen LogP contribution in [0.3, 0.4) is 0 Å². The van der Waals surface area contributed by atoms with Crippen LogP contribution in [0.4, 0.5) is 0 Å². The predicted molar refractivity (Wildman–Crippen MR) is 74.2 cm³/mol. The van der Waals surface area contributed by atoms with Gasteiger partial charge in [0.05, 0.1) is 6.10 Å². The molecule has 1 unspecified atom stereocenters. The molecule has 2 heteroatoms. The third-order valence-electron chi connectivity index (χ3n) is 3.60. The minimum absolute atomic E-state index is 0.194. The molecule has 0 amide bonds. The van der Waals surface area contributed by atoms with Crippen molar-refractivity contribution >= 4 is 0 Å². The summed E-state index contributed by atoms with van der Waals surface area (Å²) in [7, 11) is 0. The molecular weight excluding hydrogens is 210 g/mol. The summed E-state index contributed by atoms with van der Waals surface area (Å²) in [6.45, 7) is 7.33. The molecule has 2 N–H and O–H groups in total. The third kappa shape index (κ3) is 7.77. The Morgan fingerprint density at radius 1 is 1.06 bits per heavy atom. The topological polar surface area (TPSA) is 32.3 Å². The molecule has 1 aliphatic carbocycles. The van der Waals surface area contributed by atoms with Crippen molar-refractivity contribution in [2.75, 3.05) is 6.54 Å². The van der Waals surface area contributed by atoms with Gasteiger partial charge in [-0.1, -0.05) is 52.9 Å². The Kier molecular flexibility index (Phi) is 6.50. The van der Waals surface area contributed by atoms with E-state index in [-0.39, 0.29) is 11.5 Å². The van der Waals surface area contributed by atoms with Crippen LogP contribution < -0.4 is 5.32 Å². The highest BCUT2D eigenvalue weighted by molar-refractivity contribution is 4.74. The van der Waals surface area contributed by atoms with Crippen molar-refractivity contribution in [1.29, 1.82) is 0 Å². The molecule has 0 radical (unpaired) electrons. The van der Waals surface area contributed by atoms with E-state index in [0.29, 0.717) is 6.04 Å². The molecule has 0 aromatic heterocycles. The Hall–Kier alpha value is -0.0800. The molecule has 1 rings (SSSR count). The van der Waals surface area contributed by atoms with E-state index in [1.54, 1.807) is 0 Å². The zero-order valence-corrected chi connectivity index (χ0v) is 12.0. The predicted octanol–water partition coefficient (Wildman–Crippen LogP) is 3.49. The summed E-state index contributed by atoms with van der Waals surface area (Å²) in [6.07, 6.45) is 10.2. The molecule has 102 valence electrons. The molecule has 0 saturated heterocycles. The van der Waals surface area contributed by atoms with Crippen molar-refractivity contribution < 1.29 is 5.11 Å². The zero-order chi connectivity index (χ0) is 12.7. The van der Waals surface area contributed by atoms with E-state index in [0.717, 1.165) is 13.0 Å². The van der Waals surface area contributed by atoms with Crippen LogP contribution >= 0.6 is 0 Å². The molecule has 0 aliphatic heterocycles. The summed E-state index contributed by atoms with van der Waals surface area (Å²) in [5.74, 6) is 0. The maximum atomic E-state index is 9.98. The summed E-state index contributed by atoms with van der Waals surface area (Å²) < 4.78 is 0. The fraction of sp³-hybridized carbons (Fsp3) is 1.00. The number of rotatable bonds is 4. The van der Waals surface area contributed by atoms with Gasteiger partial charge in [-0.05, 0) is 24.7 Å². The Morgan fingerprint density at radius 3 is 2.12 bits per heavy atom. The van der Waals surface area contributed by atoms with Gasteiger partial charge in [0.2, 0.25) is 0 Å². The minimum Gasteiger partial charge on any atom is -0.392 e. The van der Waals surface area contributed by atoms with Crippen molar-refractivity contribution in [2.24, 2.45) is 5.41 Å². The minimum atomic E-state index is -0.194. The van der Waals surface area contributed by atoms with Crippen LogP contribution in [0.15, 0.2) is 0 Å². The lowest BCUT2D eigenvalue weighted by Crippen LogP contribution is -2.37. The molecule has 17 heavy (non-hydrogen) atoms. The number of aliphatic hydroxyl groups excluding tert-OH is 1. The molecule has 0 bridgehead atoms. The lowest BCUT2D eigenvalue weighted by molar-refractivity contribution is 0.115. The first-order chi connectivity index (χ1) is 7.97. The average Bonchev–Trinajstić information content (AvgIpc) is 2.13. The van der Waals surface area contributed by atoms with Crippen LogP contribution in [0.1, 0.15) is 72.1 Å². The van der Waals surface area contributed by atoms with Crippen molar-refractivity contribution in [3.8, 4) is 0 Å². The third-order valence-corrected chi connectivity index (χ3v) is 3.60. The monoisotopic (exact) mass is 241 g/mol. The van der Waals surface area contributed by atoms with Gasteiger partial charge >= 0.3 is 0 Å². The molecule has 1 atom stereocenters. The highest BCUT2D eigenvalue weighted by Crippen LogP contribution is 2.21.